The van der Waals surface area contributed by atoms with Gasteiger partial charge in [-0.05, 0) is 37.5 Å². The van der Waals surface area contributed by atoms with Crippen molar-refractivity contribution in [3.05, 3.63) is 28.7 Å². The molecule has 0 aliphatic heterocycles. The Labute approximate surface area is 117 Å². The molecule has 1 aliphatic rings. The number of nitrogens with one attached hydrogen (secondary N) is 1. The Hall–Kier alpha value is -0.580. The molecular formula is C14H20BrNO2. The summed E-state index contributed by atoms with van der Waals surface area (Å²) in [5.74, 6) is 0.904. The average Bonchev–Trinajstić information content (AvgIpc) is 2.82. The molecule has 1 aliphatic carbocycles. The first-order valence-electron chi connectivity index (χ1n) is 6.44. The summed E-state index contributed by atoms with van der Waals surface area (Å²) < 4.78 is 12.2. The van der Waals surface area contributed by atoms with E-state index in [4.69, 9.17) is 9.47 Å². The number of methoxy groups -OCH3 is 1. The Balaban J connectivity index is 1.67. The van der Waals surface area contributed by atoms with Gasteiger partial charge in [-0.3, -0.25) is 0 Å². The van der Waals surface area contributed by atoms with Gasteiger partial charge in [0.2, 0.25) is 0 Å². The van der Waals surface area contributed by atoms with Crippen LogP contribution in [0.5, 0.6) is 5.75 Å². The highest BCUT2D eigenvalue weighted by atomic mass is 79.9. The molecule has 0 amide bonds. The predicted molar refractivity (Wildman–Crippen MR) is 76.1 cm³/mol. The molecule has 0 saturated heterocycles. The first-order valence-corrected chi connectivity index (χ1v) is 7.23. The summed E-state index contributed by atoms with van der Waals surface area (Å²) in [4.78, 5) is 0. The monoisotopic (exact) mass is 313 g/mol. The van der Waals surface area contributed by atoms with E-state index in [0.29, 0.717) is 18.8 Å². The molecule has 1 aromatic carbocycles. The molecule has 0 aromatic heterocycles. The molecule has 2 atom stereocenters. The van der Waals surface area contributed by atoms with Gasteiger partial charge in [0.05, 0.1) is 6.10 Å². The topological polar surface area (TPSA) is 30.5 Å². The fraction of sp³-hybridized carbons (Fsp3) is 0.571. The maximum absolute atomic E-state index is 5.68. The van der Waals surface area contributed by atoms with Crippen LogP contribution in [0.3, 0.4) is 0 Å². The van der Waals surface area contributed by atoms with Crippen molar-refractivity contribution in [3.8, 4) is 5.75 Å². The molecule has 18 heavy (non-hydrogen) atoms. The van der Waals surface area contributed by atoms with Crippen LogP contribution in [0, 0.1) is 0 Å². The highest BCUT2D eigenvalue weighted by Crippen LogP contribution is 2.21. The number of ether oxygens (including phenoxy) is 2. The molecule has 2 unspecified atom stereocenters. The lowest BCUT2D eigenvalue weighted by Gasteiger charge is -2.19. The molecule has 0 spiro atoms. The summed E-state index contributed by atoms with van der Waals surface area (Å²) in [6, 6.07) is 8.41. The Morgan fingerprint density at radius 1 is 1.39 bits per heavy atom. The minimum absolute atomic E-state index is 0.371. The zero-order chi connectivity index (χ0) is 12.8. The van der Waals surface area contributed by atoms with E-state index in [2.05, 4.69) is 21.2 Å². The third kappa shape index (κ3) is 3.97. The molecule has 100 valence electrons. The molecule has 3 nitrogen and oxygen atoms in total. The zero-order valence-electron chi connectivity index (χ0n) is 10.7. The number of hydrogen-bond acceptors (Lipinski definition) is 3. The van der Waals surface area contributed by atoms with Gasteiger partial charge in [0.1, 0.15) is 12.4 Å². The van der Waals surface area contributed by atoms with Gasteiger partial charge in [0, 0.05) is 24.2 Å². The normalized spacial score (nSPS) is 23.2. The summed E-state index contributed by atoms with van der Waals surface area (Å²) in [6.07, 6.45) is 3.99. The molecule has 4 heteroatoms. The van der Waals surface area contributed by atoms with Crippen LogP contribution in [0.25, 0.3) is 0 Å². The van der Waals surface area contributed by atoms with E-state index < -0.39 is 0 Å². The molecule has 1 fully saturated rings. The van der Waals surface area contributed by atoms with E-state index in [9.17, 15) is 0 Å². The number of hydrogen-bond donors (Lipinski definition) is 1. The summed E-state index contributed by atoms with van der Waals surface area (Å²) in [5, 5.41) is 3.51. The van der Waals surface area contributed by atoms with Crippen LogP contribution < -0.4 is 10.1 Å². The highest BCUT2D eigenvalue weighted by Gasteiger charge is 2.26. The lowest BCUT2D eigenvalue weighted by atomic mass is 10.2. The summed E-state index contributed by atoms with van der Waals surface area (Å²) >= 11 is 3.43. The van der Waals surface area contributed by atoms with Crippen LogP contribution in [0.2, 0.25) is 0 Å². The second-order valence-corrected chi connectivity index (χ2v) is 5.49. The van der Waals surface area contributed by atoms with Crippen molar-refractivity contribution in [2.24, 2.45) is 0 Å². The van der Waals surface area contributed by atoms with Gasteiger partial charge in [-0.15, -0.1) is 0 Å². The molecule has 0 heterocycles. The molecule has 1 saturated carbocycles. The lowest BCUT2D eigenvalue weighted by Crippen LogP contribution is -2.38. The van der Waals surface area contributed by atoms with Crippen molar-refractivity contribution < 1.29 is 9.47 Å². The molecule has 1 aromatic rings. The minimum atomic E-state index is 0.371. The average molecular weight is 314 g/mol. The van der Waals surface area contributed by atoms with Crippen molar-refractivity contribution in [2.75, 3.05) is 20.3 Å². The smallest absolute Gasteiger partial charge is 0.120 e. The van der Waals surface area contributed by atoms with Crippen LogP contribution >= 0.6 is 15.9 Å². The second-order valence-electron chi connectivity index (χ2n) is 4.57. The summed E-state index contributed by atoms with van der Waals surface area (Å²) in [6.45, 7) is 1.54. The predicted octanol–water partition coefficient (Wildman–Crippen LogP) is 2.99. The summed E-state index contributed by atoms with van der Waals surface area (Å²) in [7, 11) is 1.79. The van der Waals surface area contributed by atoms with Crippen molar-refractivity contribution in [1.29, 1.82) is 0 Å². The van der Waals surface area contributed by atoms with E-state index in [1.165, 1.54) is 19.3 Å². The van der Waals surface area contributed by atoms with Crippen LogP contribution in [0.1, 0.15) is 19.3 Å². The Morgan fingerprint density at radius 3 is 3.06 bits per heavy atom. The van der Waals surface area contributed by atoms with Crippen molar-refractivity contribution >= 4 is 15.9 Å². The van der Waals surface area contributed by atoms with E-state index in [1.54, 1.807) is 7.11 Å². The maximum atomic E-state index is 5.68. The van der Waals surface area contributed by atoms with Crippen LogP contribution in [-0.4, -0.2) is 32.4 Å². The second kappa shape index (κ2) is 7.12. The number of benzene rings is 1. The number of rotatable bonds is 6. The Kier molecular flexibility index (Phi) is 5.47. The fourth-order valence-corrected chi connectivity index (χ4v) is 2.79. The first-order chi connectivity index (χ1) is 8.79. The van der Waals surface area contributed by atoms with E-state index >= 15 is 0 Å². The van der Waals surface area contributed by atoms with Gasteiger partial charge in [-0.2, -0.15) is 0 Å². The number of halogens is 1. The van der Waals surface area contributed by atoms with Crippen LogP contribution in [0.15, 0.2) is 28.7 Å². The largest absolute Gasteiger partial charge is 0.492 e. The van der Waals surface area contributed by atoms with Gasteiger partial charge in [0.15, 0.2) is 0 Å². The SMILES string of the molecule is COC1CCCC1NCCOc1cccc(Br)c1. The molecule has 1 N–H and O–H groups in total. The lowest BCUT2D eigenvalue weighted by molar-refractivity contribution is 0.0840. The fourth-order valence-electron chi connectivity index (χ4n) is 2.41. The van der Waals surface area contributed by atoms with Crippen LogP contribution in [-0.2, 0) is 4.74 Å². The first kappa shape index (κ1) is 13.8. The maximum Gasteiger partial charge on any atom is 0.120 e. The van der Waals surface area contributed by atoms with Crippen molar-refractivity contribution in [1.82, 2.24) is 5.32 Å². The van der Waals surface area contributed by atoms with E-state index in [-0.39, 0.29) is 0 Å². The van der Waals surface area contributed by atoms with Crippen LogP contribution in [0.4, 0.5) is 0 Å². The van der Waals surface area contributed by atoms with Gasteiger partial charge in [0.25, 0.3) is 0 Å². The Bertz CT molecular complexity index is 373. The van der Waals surface area contributed by atoms with Gasteiger partial charge in [-0.1, -0.05) is 22.0 Å². The molecular weight excluding hydrogens is 294 g/mol. The Morgan fingerprint density at radius 2 is 2.28 bits per heavy atom. The third-order valence-corrected chi connectivity index (χ3v) is 3.82. The summed E-state index contributed by atoms with van der Waals surface area (Å²) in [5.41, 5.74) is 0. The van der Waals surface area contributed by atoms with Gasteiger partial charge in [-0.25, -0.2) is 0 Å². The third-order valence-electron chi connectivity index (χ3n) is 3.33. The molecule has 0 bridgehead atoms. The van der Waals surface area contributed by atoms with Crippen molar-refractivity contribution in [2.45, 2.75) is 31.4 Å². The van der Waals surface area contributed by atoms with Gasteiger partial charge >= 0.3 is 0 Å². The highest BCUT2D eigenvalue weighted by molar-refractivity contribution is 9.10. The van der Waals surface area contributed by atoms with E-state index in [0.717, 1.165) is 16.8 Å². The van der Waals surface area contributed by atoms with E-state index in [1.807, 2.05) is 24.3 Å². The molecule has 0 radical (unpaired) electrons. The zero-order valence-corrected chi connectivity index (χ0v) is 12.3. The molecule has 2 rings (SSSR count). The minimum Gasteiger partial charge on any atom is -0.492 e. The standard InChI is InChI=1S/C14H20BrNO2/c1-17-14-7-3-6-13(14)16-8-9-18-12-5-2-4-11(15)10-12/h2,4-5,10,13-14,16H,3,6-9H2,1H3. The van der Waals surface area contributed by atoms with Crippen molar-refractivity contribution in [3.63, 3.8) is 0 Å². The van der Waals surface area contributed by atoms with Gasteiger partial charge < -0.3 is 14.8 Å². The quantitative estimate of drug-likeness (QED) is 0.819.